The van der Waals surface area contributed by atoms with Gasteiger partial charge in [-0.2, -0.15) is 5.10 Å². The van der Waals surface area contributed by atoms with Crippen molar-refractivity contribution in [2.45, 2.75) is 11.3 Å². The standard InChI is InChI=1S/C26H24N4O4S2/c1-2-33-20-13-9-19(10-14-20)28-24(31)16-34-21-11-7-18(8-12-21)15-27-30-25(32)17-35-26-29-22-5-3-4-6-23(22)36-26/h3-15H,2,16-17H2,1H3,(H,28,31)(H,30,32)/b27-15-. The number of carbonyl (C=O) groups excluding carboxylic acids is 2. The van der Waals surface area contributed by atoms with Gasteiger partial charge in [0.05, 0.1) is 28.8 Å². The normalized spacial score (nSPS) is 10.9. The fourth-order valence-electron chi connectivity index (χ4n) is 3.05. The van der Waals surface area contributed by atoms with Gasteiger partial charge in [-0.05, 0) is 73.2 Å². The topological polar surface area (TPSA) is 102 Å². The average molecular weight is 521 g/mol. The molecule has 8 nitrogen and oxygen atoms in total. The lowest BCUT2D eigenvalue weighted by Crippen LogP contribution is -2.20. The number of fused-ring (bicyclic) bond motifs is 1. The number of amides is 2. The molecule has 0 spiro atoms. The summed E-state index contributed by atoms with van der Waals surface area (Å²) in [7, 11) is 0. The van der Waals surface area contributed by atoms with Crippen LogP contribution >= 0.6 is 23.1 Å². The Morgan fingerprint density at radius 1 is 0.972 bits per heavy atom. The van der Waals surface area contributed by atoms with Crippen LogP contribution < -0.4 is 20.2 Å². The van der Waals surface area contributed by atoms with Crippen LogP contribution in [0.15, 0.2) is 82.2 Å². The van der Waals surface area contributed by atoms with Crippen molar-refractivity contribution in [2.75, 3.05) is 24.3 Å². The monoisotopic (exact) mass is 520 g/mol. The highest BCUT2D eigenvalue weighted by atomic mass is 32.2. The van der Waals surface area contributed by atoms with Crippen LogP contribution in [0.25, 0.3) is 10.2 Å². The first-order valence-electron chi connectivity index (χ1n) is 11.1. The van der Waals surface area contributed by atoms with E-state index >= 15 is 0 Å². The van der Waals surface area contributed by atoms with Crippen molar-refractivity contribution in [3.63, 3.8) is 0 Å². The largest absolute Gasteiger partial charge is 0.494 e. The number of hydrogen-bond donors (Lipinski definition) is 2. The summed E-state index contributed by atoms with van der Waals surface area (Å²) < 4.78 is 12.9. The molecule has 0 aliphatic rings. The van der Waals surface area contributed by atoms with Gasteiger partial charge < -0.3 is 14.8 Å². The van der Waals surface area contributed by atoms with Gasteiger partial charge in [-0.15, -0.1) is 11.3 Å². The number of hydrogen-bond acceptors (Lipinski definition) is 8. The molecule has 184 valence electrons. The highest BCUT2D eigenvalue weighted by Crippen LogP contribution is 2.29. The predicted molar refractivity (Wildman–Crippen MR) is 144 cm³/mol. The van der Waals surface area contributed by atoms with Gasteiger partial charge in [0, 0.05) is 5.69 Å². The third kappa shape index (κ3) is 7.56. The minimum absolute atomic E-state index is 0.122. The van der Waals surface area contributed by atoms with Crippen LogP contribution in [0, 0.1) is 0 Å². The Bertz CT molecular complexity index is 1310. The molecular weight excluding hydrogens is 496 g/mol. The number of ether oxygens (including phenoxy) is 2. The molecule has 0 aliphatic heterocycles. The molecule has 0 radical (unpaired) electrons. The molecule has 4 aromatic rings. The van der Waals surface area contributed by atoms with Crippen LogP contribution in [0.4, 0.5) is 5.69 Å². The molecule has 10 heteroatoms. The fourth-order valence-corrected chi connectivity index (χ4v) is 4.91. The molecule has 0 aliphatic carbocycles. The Kier molecular flexibility index (Phi) is 8.90. The smallest absolute Gasteiger partial charge is 0.262 e. The molecule has 0 atom stereocenters. The molecule has 1 aromatic heterocycles. The van der Waals surface area contributed by atoms with Crippen molar-refractivity contribution in [1.82, 2.24) is 10.4 Å². The van der Waals surface area contributed by atoms with Gasteiger partial charge in [0.2, 0.25) is 0 Å². The van der Waals surface area contributed by atoms with Crippen molar-refractivity contribution in [2.24, 2.45) is 5.10 Å². The van der Waals surface area contributed by atoms with Crippen molar-refractivity contribution < 1.29 is 19.1 Å². The van der Waals surface area contributed by atoms with Crippen LogP contribution in [0.2, 0.25) is 0 Å². The summed E-state index contributed by atoms with van der Waals surface area (Å²) >= 11 is 2.94. The highest BCUT2D eigenvalue weighted by molar-refractivity contribution is 8.01. The van der Waals surface area contributed by atoms with Crippen LogP contribution in [0.3, 0.4) is 0 Å². The van der Waals surface area contributed by atoms with Gasteiger partial charge in [0.15, 0.2) is 10.9 Å². The number of para-hydroxylation sites is 1. The zero-order valence-electron chi connectivity index (χ0n) is 19.5. The number of rotatable bonds is 11. The van der Waals surface area contributed by atoms with E-state index in [1.807, 2.05) is 31.2 Å². The minimum Gasteiger partial charge on any atom is -0.494 e. The first-order valence-corrected chi connectivity index (χ1v) is 12.9. The van der Waals surface area contributed by atoms with E-state index in [2.05, 4.69) is 20.8 Å². The van der Waals surface area contributed by atoms with E-state index in [1.165, 1.54) is 11.8 Å². The molecule has 2 N–H and O–H groups in total. The first-order chi connectivity index (χ1) is 17.6. The second kappa shape index (κ2) is 12.7. The second-order valence-electron chi connectivity index (χ2n) is 7.39. The van der Waals surface area contributed by atoms with Crippen molar-refractivity contribution in [1.29, 1.82) is 0 Å². The summed E-state index contributed by atoms with van der Waals surface area (Å²) in [6.07, 6.45) is 1.54. The molecular formula is C26H24N4O4S2. The number of carbonyl (C=O) groups is 2. The quantitative estimate of drug-likeness (QED) is 0.165. The molecule has 0 saturated heterocycles. The van der Waals surface area contributed by atoms with Crippen LogP contribution in [0.1, 0.15) is 12.5 Å². The number of anilines is 1. The van der Waals surface area contributed by atoms with E-state index in [4.69, 9.17) is 9.47 Å². The number of nitrogens with one attached hydrogen (secondary N) is 2. The summed E-state index contributed by atoms with van der Waals surface area (Å²) in [6.45, 7) is 2.38. The summed E-state index contributed by atoms with van der Waals surface area (Å²) in [5, 5.41) is 6.77. The third-order valence-electron chi connectivity index (χ3n) is 4.70. The van der Waals surface area contributed by atoms with Crippen LogP contribution in [-0.2, 0) is 9.59 Å². The van der Waals surface area contributed by atoms with E-state index in [0.717, 1.165) is 25.9 Å². The lowest BCUT2D eigenvalue weighted by molar-refractivity contribution is -0.119. The first kappa shape index (κ1) is 25.2. The molecule has 36 heavy (non-hydrogen) atoms. The van der Waals surface area contributed by atoms with Crippen molar-refractivity contribution >= 4 is 57.0 Å². The number of thioether (sulfide) groups is 1. The maximum absolute atomic E-state index is 12.1. The molecule has 0 unspecified atom stereocenters. The lowest BCUT2D eigenvalue weighted by atomic mass is 10.2. The van der Waals surface area contributed by atoms with Gasteiger partial charge in [-0.1, -0.05) is 23.9 Å². The highest BCUT2D eigenvalue weighted by Gasteiger charge is 2.07. The van der Waals surface area contributed by atoms with Gasteiger partial charge >= 0.3 is 0 Å². The molecule has 2 amide bonds. The van der Waals surface area contributed by atoms with E-state index in [0.29, 0.717) is 18.0 Å². The number of hydrazone groups is 1. The number of aromatic nitrogens is 1. The minimum atomic E-state index is -0.267. The lowest BCUT2D eigenvalue weighted by Gasteiger charge is -2.08. The Labute approximate surface area is 216 Å². The number of thiazole rings is 1. The Morgan fingerprint density at radius 2 is 1.69 bits per heavy atom. The average Bonchev–Trinajstić information content (AvgIpc) is 3.31. The zero-order valence-corrected chi connectivity index (χ0v) is 21.1. The summed E-state index contributed by atoms with van der Waals surface area (Å²) in [5.41, 5.74) is 4.90. The van der Waals surface area contributed by atoms with Crippen molar-refractivity contribution in [3.05, 3.63) is 78.4 Å². The van der Waals surface area contributed by atoms with Gasteiger partial charge in [-0.3, -0.25) is 9.59 Å². The predicted octanol–water partition coefficient (Wildman–Crippen LogP) is 4.95. The van der Waals surface area contributed by atoms with E-state index in [9.17, 15) is 9.59 Å². The van der Waals surface area contributed by atoms with Gasteiger partial charge in [0.1, 0.15) is 11.5 Å². The summed E-state index contributed by atoms with van der Waals surface area (Å²) in [4.78, 5) is 28.7. The number of nitrogens with zero attached hydrogens (tertiary/aromatic N) is 2. The van der Waals surface area contributed by atoms with Crippen molar-refractivity contribution in [3.8, 4) is 11.5 Å². The van der Waals surface area contributed by atoms with E-state index in [1.54, 1.807) is 66.1 Å². The SMILES string of the molecule is CCOc1ccc(NC(=O)COc2ccc(/C=N\NC(=O)CSc3nc4ccccc4s3)cc2)cc1. The molecule has 0 bridgehead atoms. The molecule has 1 heterocycles. The second-order valence-corrected chi connectivity index (χ2v) is 9.65. The van der Waals surface area contributed by atoms with Crippen LogP contribution in [-0.4, -0.2) is 42.0 Å². The fraction of sp³-hybridized carbons (Fsp3) is 0.154. The Morgan fingerprint density at radius 3 is 2.44 bits per heavy atom. The molecule has 3 aromatic carbocycles. The van der Waals surface area contributed by atoms with Gasteiger partial charge in [-0.25, -0.2) is 10.4 Å². The molecule has 0 saturated carbocycles. The molecule has 4 rings (SSSR count). The number of benzene rings is 3. The third-order valence-corrected chi connectivity index (χ3v) is 6.88. The Balaban J connectivity index is 1.17. The molecule has 0 fully saturated rings. The summed E-state index contributed by atoms with van der Waals surface area (Å²) in [5.74, 6) is 1.04. The van der Waals surface area contributed by atoms with Crippen LogP contribution in [0.5, 0.6) is 11.5 Å². The van der Waals surface area contributed by atoms with Gasteiger partial charge in [0.25, 0.3) is 11.8 Å². The maximum atomic E-state index is 12.1. The Hall–Kier alpha value is -3.89. The van der Waals surface area contributed by atoms with E-state index in [-0.39, 0.29) is 24.2 Å². The zero-order chi connectivity index (χ0) is 25.2. The maximum Gasteiger partial charge on any atom is 0.262 e. The van der Waals surface area contributed by atoms with E-state index < -0.39 is 0 Å². The summed E-state index contributed by atoms with van der Waals surface area (Å²) in [6, 6.07) is 22.0.